The van der Waals surface area contributed by atoms with Gasteiger partial charge in [-0.25, -0.2) is 9.48 Å². The van der Waals surface area contributed by atoms with E-state index < -0.39 is 10.9 Å². The summed E-state index contributed by atoms with van der Waals surface area (Å²) < 4.78 is 23.2. The predicted octanol–water partition coefficient (Wildman–Crippen LogP) is 3.40. The topological polar surface area (TPSA) is 115 Å². The van der Waals surface area contributed by atoms with Crippen LogP contribution in [-0.4, -0.2) is 34.1 Å². The van der Waals surface area contributed by atoms with Crippen LogP contribution in [-0.2, 0) is 22.7 Å². The van der Waals surface area contributed by atoms with Crippen LogP contribution in [0.1, 0.15) is 28.5 Å². The Bertz CT molecular complexity index is 1110. The van der Waals surface area contributed by atoms with Crippen molar-refractivity contribution in [1.29, 1.82) is 0 Å². The lowest BCUT2D eigenvalue weighted by atomic mass is 10.1. The molecule has 0 N–H and O–H groups in total. The lowest BCUT2D eigenvalue weighted by Gasteiger charge is -2.20. The van der Waals surface area contributed by atoms with Crippen molar-refractivity contribution in [1.82, 2.24) is 9.78 Å². The summed E-state index contributed by atoms with van der Waals surface area (Å²) in [5, 5.41) is 15.6. The molecule has 4 rings (SSSR count). The van der Waals surface area contributed by atoms with Crippen LogP contribution in [0.15, 0.2) is 48.7 Å². The first-order chi connectivity index (χ1) is 15.1. The van der Waals surface area contributed by atoms with E-state index in [9.17, 15) is 14.9 Å². The largest absolute Gasteiger partial charge is 0.484 e. The van der Waals surface area contributed by atoms with Crippen molar-refractivity contribution in [2.45, 2.75) is 20.1 Å². The number of esters is 1. The smallest absolute Gasteiger partial charge is 0.362 e. The standard InChI is InChI=1S/C21H19N3O7/c1-2-29-21(25)19-18(10-23(22-19)16-6-4-3-5-7-16)30-12-15-9-17(24(26)27)8-14-11-28-13-31-20(14)15/h3-10H,2,11-13H2,1H3. The third-order valence-electron chi connectivity index (χ3n) is 4.54. The first-order valence-electron chi connectivity index (χ1n) is 9.52. The number of carbonyl (C=O) groups excluding carboxylic acids is 1. The van der Waals surface area contributed by atoms with Gasteiger partial charge in [0.25, 0.3) is 5.69 Å². The van der Waals surface area contributed by atoms with E-state index in [-0.39, 0.29) is 43.7 Å². The second-order valence-electron chi connectivity index (χ2n) is 6.59. The molecule has 160 valence electrons. The monoisotopic (exact) mass is 425 g/mol. The van der Waals surface area contributed by atoms with E-state index in [0.29, 0.717) is 16.9 Å². The summed E-state index contributed by atoms with van der Waals surface area (Å²) in [4.78, 5) is 23.2. The number of ether oxygens (including phenoxy) is 4. The number of hydrogen-bond acceptors (Lipinski definition) is 8. The Labute approximate surface area is 177 Å². The number of para-hydroxylation sites is 1. The van der Waals surface area contributed by atoms with Crippen LogP contribution in [0.2, 0.25) is 0 Å². The molecule has 2 aromatic carbocycles. The minimum Gasteiger partial charge on any atom is -0.484 e. The number of benzene rings is 2. The highest BCUT2D eigenvalue weighted by molar-refractivity contribution is 5.90. The fourth-order valence-corrected chi connectivity index (χ4v) is 3.17. The average Bonchev–Trinajstić information content (AvgIpc) is 3.22. The Morgan fingerprint density at radius 1 is 1.29 bits per heavy atom. The number of hydrogen-bond donors (Lipinski definition) is 0. The van der Waals surface area contributed by atoms with Gasteiger partial charge in [-0.05, 0) is 19.1 Å². The van der Waals surface area contributed by atoms with Crippen LogP contribution < -0.4 is 9.47 Å². The maximum atomic E-state index is 12.4. The number of carbonyl (C=O) groups is 1. The summed E-state index contributed by atoms with van der Waals surface area (Å²) in [6.07, 6.45) is 1.56. The second kappa shape index (κ2) is 8.84. The normalized spacial score (nSPS) is 12.5. The maximum Gasteiger partial charge on any atom is 0.362 e. The number of nitro groups is 1. The lowest BCUT2D eigenvalue weighted by molar-refractivity contribution is -0.385. The molecule has 10 heteroatoms. The van der Waals surface area contributed by atoms with Gasteiger partial charge in [-0.3, -0.25) is 10.1 Å². The molecule has 0 amide bonds. The van der Waals surface area contributed by atoms with E-state index in [2.05, 4.69) is 5.10 Å². The van der Waals surface area contributed by atoms with Gasteiger partial charge in [-0.2, -0.15) is 5.10 Å². The van der Waals surface area contributed by atoms with Gasteiger partial charge >= 0.3 is 5.97 Å². The fraction of sp³-hybridized carbons (Fsp3) is 0.238. The number of non-ortho nitro benzene ring substituents is 1. The molecule has 0 bridgehead atoms. The van der Waals surface area contributed by atoms with Crippen LogP contribution in [0.3, 0.4) is 0 Å². The van der Waals surface area contributed by atoms with E-state index in [1.807, 2.05) is 30.3 Å². The second-order valence-corrected chi connectivity index (χ2v) is 6.59. The van der Waals surface area contributed by atoms with Gasteiger partial charge in [-0.1, -0.05) is 18.2 Å². The van der Waals surface area contributed by atoms with E-state index in [1.54, 1.807) is 13.1 Å². The zero-order valence-corrected chi connectivity index (χ0v) is 16.6. The SMILES string of the molecule is CCOC(=O)c1nn(-c2ccccc2)cc1OCc1cc([N+](=O)[O-])cc2c1OCOC2. The number of fused-ring (bicyclic) bond motifs is 1. The van der Waals surface area contributed by atoms with E-state index in [0.717, 1.165) is 5.69 Å². The maximum absolute atomic E-state index is 12.4. The third kappa shape index (κ3) is 4.33. The van der Waals surface area contributed by atoms with Crippen molar-refractivity contribution in [2.75, 3.05) is 13.4 Å². The molecule has 0 saturated carbocycles. The van der Waals surface area contributed by atoms with Gasteiger partial charge in [0, 0.05) is 23.3 Å². The van der Waals surface area contributed by atoms with Crippen LogP contribution in [0.25, 0.3) is 5.69 Å². The van der Waals surface area contributed by atoms with Crippen LogP contribution in [0.5, 0.6) is 11.5 Å². The zero-order chi connectivity index (χ0) is 21.8. The van der Waals surface area contributed by atoms with Crippen LogP contribution >= 0.6 is 0 Å². The molecule has 10 nitrogen and oxygen atoms in total. The minimum atomic E-state index is -0.627. The molecule has 2 heterocycles. The third-order valence-corrected chi connectivity index (χ3v) is 4.54. The molecule has 0 atom stereocenters. The van der Waals surface area contributed by atoms with Crippen molar-refractivity contribution < 1.29 is 28.7 Å². The number of nitro benzene ring substituents is 1. The van der Waals surface area contributed by atoms with Gasteiger partial charge < -0.3 is 18.9 Å². The fourth-order valence-electron chi connectivity index (χ4n) is 3.17. The first kappa shape index (κ1) is 20.4. The van der Waals surface area contributed by atoms with Gasteiger partial charge in [0.1, 0.15) is 12.4 Å². The van der Waals surface area contributed by atoms with Crippen LogP contribution in [0.4, 0.5) is 5.69 Å². The molecule has 0 aliphatic carbocycles. The zero-order valence-electron chi connectivity index (χ0n) is 16.6. The molecule has 0 unspecified atom stereocenters. The Kier molecular flexibility index (Phi) is 5.80. The van der Waals surface area contributed by atoms with Crippen molar-refractivity contribution in [3.63, 3.8) is 0 Å². The number of nitrogens with zero attached hydrogens (tertiary/aromatic N) is 3. The van der Waals surface area contributed by atoms with Gasteiger partial charge in [0.15, 0.2) is 12.5 Å². The van der Waals surface area contributed by atoms with Crippen molar-refractivity contribution >= 4 is 11.7 Å². The molecule has 31 heavy (non-hydrogen) atoms. The molecule has 1 aliphatic heterocycles. The Hall–Kier alpha value is -3.92. The van der Waals surface area contributed by atoms with E-state index in [1.165, 1.54) is 16.8 Å². The van der Waals surface area contributed by atoms with Gasteiger partial charge in [0.05, 0.1) is 30.0 Å². The van der Waals surface area contributed by atoms with Gasteiger partial charge in [0.2, 0.25) is 5.69 Å². The summed E-state index contributed by atoms with van der Waals surface area (Å²) in [5.41, 5.74) is 1.67. The molecule has 0 radical (unpaired) electrons. The summed E-state index contributed by atoms with van der Waals surface area (Å²) >= 11 is 0. The highest BCUT2D eigenvalue weighted by Gasteiger charge is 2.24. The highest BCUT2D eigenvalue weighted by atomic mass is 16.7. The minimum absolute atomic E-state index is 0.00857. The molecule has 0 saturated heterocycles. The summed E-state index contributed by atoms with van der Waals surface area (Å²) in [5.74, 6) is 0.0394. The quantitative estimate of drug-likeness (QED) is 0.321. The van der Waals surface area contributed by atoms with Crippen molar-refractivity contribution in [2.24, 2.45) is 0 Å². The Morgan fingerprint density at radius 2 is 2.10 bits per heavy atom. The summed E-state index contributed by atoms with van der Waals surface area (Å²) in [7, 11) is 0. The molecular formula is C21H19N3O7. The molecule has 1 aromatic heterocycles. The predicted molar refractivity (Wildman–Crippen MR) is 107 cm³/mol. The summed E-state index contributed by atoms with van der Waals surface area (Å²) in [6, 6.07) is 12.0. The average molecular weight is 425 g/mol. The Balaban J connectivity index is 1.66. The molecule has 0 spiro atoms. The first-order valence-corrected chi connectivity index (χ1v) is 9.52. The highest BCUT2D eigenvalue weighted by Crippen LogP contribution is 2.34. The number of aromatic nitrogens is 2. The lowest BCUT2D eigenvalue weighted by Crippen LogP contribution is -2.15. The van der Waals surface area contributed by atoms with E-state index in [4.69, 9.17) is 18.9 Å². The van der Waals surface area contributed by atoms with Crippen LogP contribution in [0, 0.1) is 10.1 Å². The molecular weight excluding hydrogens is 406 g/mol. The Morgan fingerprint density at radius 3 is 2.84 bits per heavy atom. The number of rotatable bonds is 7. The van der Waals surface area contributed by atoms with Gasteiger partial charge in [-0.15, -0.1) is 0 Å². The van der Waals surface area contributed by atoms with E-state index >= 15 is 0 Å². The summed E-state index contributed by atoms with van der Waals surface area (Å²) in [6.45, 7) is 2.04. The molecule has 3 aromatic rings. The molecule has 0 fully saturated rings. The van der Waals surface area contributed by atoms with Crippen molar-refractivity contribution in [3.8, 4) is 17.2 Å². The van der Waals surface area contributed by atoms with Crippen molar-refractivity contribution in [3.05, 3.63) is 75.6 Å². The molecule has 1 aliphatic rings.